The Hall–Kier alpha value is -10.8. The third-order valence-electron chi connectivity index (χ3n) is 23.9. The quantitative estimate of drug-likeness (QED) is 0.0280. The number of esters is 1. The van der Waals surface area contributed by atoms with Gasteiger partial charge in [0, 0.05) is 57.7 Å². The fourth-order valence-electron chi connectivity index (χ4n) is 16.1. The number of aryl methyl sites for hydroxylation is 4. The van der Waals surface area contributed by atoms with Crippen LogP contribution in [0.4, 0.5) is 34.1 Å². The molecule has 0 aliphatic heterocycles. The number of benzene rings is 11. The number of carbonyl (C=O) groups excluding carboxylic acids is 1. The van der Waals surface area contributed by atoms with Crippen LogP contribution in [0.5, 0.6) is 34.5 Å². The zero-order valence-electron chi connectivity index (χ0n) is 68.1. The summed E-state index contributed by atoms with van der Waals surface area (Å²) in [7, 11) is 0. The highest BCUT2D eigenvalue weighted by molar-refractivity contribution is 5.89. The molecule has 0 saturated heterocycles. The zero-order valence-corrected chi connectivity index (χ0v) is 68.1. The zero-order chi connectivity index (χ0) is 79.9. The molecule has 1 aliphatic carbocycles. The van der Waals surface area contributed by atoms with Crippen LogP contribution in [0.15, 0.2) is 237 Å². The van der Waals surface area contributed by atoms with Crippen molar-refractivity contribution in [2.75, 3.05) is 36.2 Å². The van der Waals surface area contributed by atoms with Crippen LogP contribution >= 0.6 is 0 Å². The Balaban J connectivity index is 0.896. The van der Waals surface area contributed by atoms with Crippen molar-refractivity contribution in [2.45, 2.75) is 171 Å². The number of rotatable bonds is 35. The van der Waals surface area contributed by atoms with Crippen molar-refractivity contribution in [3.8, 4) is 79.0 Å². The Labute approximate surface area is 670 Å². The molecule has 11 aromatic rings. The molecule has 11 aromatic carbocycles. The van der Waals surface area contributed by atoms with Gasteiger partial charge in [-0.1, -0.05) is 222 Å². The summed E-state index contributed by atoms with van der Waals surface area (Å²) in [4.78, 5) is 19.6. The normalized spacial score (nSPS) is 15.4. The fourth-order valence-corrected chi connectivity index (χ4v) is 16.1. The minimum absolute atomic E-state index is 0.0274. The number of carbonyl (C=O) groups is 1. The number of hydrogen-bond donors (Lipinski definition) is 4. The first-order valence-electron chi connectivity index (χ1n) is 41.0. The van der Waals surface area contributed by atoms with Gasteiger partial charge < -0.3 is 53.9 Å². The van der Waals surface area contributed by atoms with Gasteiger partial charge in [0.2, 0.25) is 0 Å². The molecule has 12 rings (SSSR count). The number of anilines is 6. The van der Waals surface area contributed by atoms with Crippen LogP contribution in [0, 0.1) is 51.4 Å². The molecule has 0 spiro atoms. The second kappa shape index (κ2) is 37.7. The Morgan fingerprint density at radius 1 is 0.381 bits per heavy atom. The van der Waals surface area contributed by atoms with E-state index in [4.69, 9.17) is 23.7 Å². The van der Waals surface area contributed by atoms with Gasteiger partial charge in [-0.05, 0) is 245 Å². The summed E-state index contributed by atoms with van der Waals surface area (Å²) in [6.45, 7) is 28.5. The van der Waals surface area contributed by atoms with Crippen molar-refractivity contribution < 1.29 is 48.9 Å². The highest BCUT2D eigenvalue weighted by Gasteiger charge is 2.63. The minimum atomic E-state index is -2.26. The van der Waals surface area contributed by atoms with Crippen molar-refractivity contribution in [2.24, 2.45) is 23.7 Å². The molecular formula is C101H114N2O10. The lowest BCUT2D eigenvalue weighted by atomic mass is 9.73. The van der Waals surface area contributed by atoms with Crippen molar-refractivity contribution in [1.29, 1.82) is 0 Å². The first-order chi connectivity index (χ1) is 54.8. The molecule has 0 heterocycles. The predicted octanol–water partition coefficient (Wildman–Crippen LogP) is 25.1. The van der Waals surface area contributed by atoms with Crippen LogP contribution in [-0.4, -0.2) is 65.0 Å². The number of nitrogens with zero attached hydrogens (tertiary/aromatic N) is 2. The highest BCUT2D eigenvalue weighted by Crippen LogP contribution is 2.55. The average Bonchev–Trinajstić information content (AvgIpc) is 1.57. The Kier molecular flexibility index (Phi) is 27.2. The van der Waals surface area contributed by atoms with Crippen LogP contribution in [-0.2, 0) is 21.6 Å². The number of aliphatic hydroxyl groups excluding tert-OH is 2. The second-order valence-corrected chi connectivity index (χ2v) is 30.9. The van der Waals surface area contributed by atoms with Crippen molar-refractivity contribution >= 4 is 40.1 Å². The Morgan fingerprint density at radius 3 is 0.991 bits per heavy atom. The van der Waals surface area contributed by atoms with Crippen LogP contribution < -0.4 is 28.7 Å². The molecule has 1 fully saturated rings. The molecule has 0 bridgehead atoms. The van der Waals surface area contributed by atoms with E-state index >= 15 is 4.79 Å². The fraction of sp³-hybridized carbons (Fsp3) is 0.337. The summed E-state index contributed by atoms with van der Waals surface area (Å²) < 4.78 is 31.3. The van der Waals surface area contributed by atoms with Crippen LogP contribution in [0.1, 0.15) is 158 Å². The van der Waals surface area contributed by atoms with Gasteiger partial charge in [-0.15, -0.1) is 0 Å². The van der Waals surface area contributed by atoms with Crippen molar-refractivity contribution in [3.63, 3.8) is 0 Å². The molecule has 588 valence electrons. The lowest BCUT2D eigenvalue weighted by Gasteiger charge is -2.36. The van der Waals surface area contributed by atoms with E-state index in [0.29, 0.717) is 72.6 Å². The first kappa shape index (κ1) is 81.7. The maximum atomic E-state index is 15.5. The lowest BCUT2D eigenvalue weighted by Crippen LogP contribution is -2.52. The number of ether oxygens (including phenoxy) is 5. The lowest BCUT2D eigenvalue weighted by molar-refractivity contribution is -0.161. The molecule has 1 unspecified atom stereocenters. The standard InChI is InChI=1S/C101H114N2O10/c1-13-70(14-2)61-109-85-44-49-89(66(9)54-85)75-26-34-79(35-27-75)102(80-36-28-76(29-37-80)90-50-45-86(55-67(90)10)110-62-71(15-3)16-4)83-42-48-93(96(104)58-83)94-60-98(106)101(99(94)107,100(108)113-65-74-24-22-21-23-25-74)95-53-43-84(59-97(95)105)103(81-38-30-77(31-39-81)91-51-46-87(56-68(91)11)111-63-72(17-5)18-6)82-40-32-78(33-41-82)92-52-47-88(57-69(92)12)112-64-73(19-7)20-8/h21-59,70-73,94,98-99,104-107H,13-20,60-65H2,1-12H3/t94-,98?,99+,101+/m1/s1. The van der Waals surface area contributed by atoms with Crippen LogP contribution in [0.25, 0.3) is 44.5 Å². The molecule has 0 aromatic heterocycles. The van der Waals surface area contributed by atoms with Crippen molar-refractivity contribution in [1.82, 2.24) is 0 Å². The summed E-state index contributed by atoms with van der Waals surface area (Å²) >= 11 is 0. The summed E-state index contributed by atoms with van der Waals surface area (Å²) in [5.41, 5.74) is 15.8. The van der Waals surface area contributed by atoms with Crippen LogP contribution in [0.2, 0.25) is 0 Å². The summed E-state index contributed by atoms with van der Waals surface area (Å²) in [5, 5.41) is 51.8. The molecule has 1 saturated carbocycles. The first-order valence-corrected chi connectivity index (χ1v) is 41.0. The van der Waals surface area contributed by atoms with Gasteiger partial charge in [0.25, 0.3) is 0 Å². The second-order valence-electron chi connectivity index (χ2n) is 30.9. The molecule has 4 atom stereocenters. The summed E-state index contributed by atoms with van der Waals surface area (Å²) in [6, 6.07) is 77.9. The maximum Gasteiger partial charge on any atom is 0.322 e. The van der Waals surface area contributed by atoms with E-state index in [1.165, 1.54) is 0 Å². The predicted molar refractivity (Wildman–Crippen MR) is 462 cm³/mol. The average molecular weight is 1520 g/mol. The third kappa shape index (κ3) is 18.5. The van der Waals surface area contributed by atoms with Gasteiger partial charge in [0.1, 0.15) is 46.5 Å². The Morgan fingerprint density at radius 2 is 0.690 bits per heavy atom. The number of aromatic hydroxyl groups is 2. The molecule has 12 nitrogen and oxygen atoms in total. The molecule has 0 radical (unpaired) electrons. The van der Waals surface area contributed by atoms with Gasteiger partial charge >= 0.3 is 5.97 Å². The minimum Gasteiger partial charge on any atom is -0.508 e. The van der Waals surface area contributed by atoms with Gasteiger partial charge in [-0.3, -0.25) is 4.79 Å². The van der Waals surface area contributed by atoms with Gasteiger partial charge in [-0.2, -0.15) is 0 Å². The molecule has 0 amide bonds. The molecule has 12 heteroatoms. The smallest absolute Gasteiger partial charge is 0.322 e. The monoisotopic (exact) mass is 1510 g/mol. The highest BCUT2D eigenvalue weighted by atomic mass is 16.5. The number of hydrogen-bond acceptors (Lipinski definition) is 12. The van der Waals surface area contributed by atoms with Gasteiger partial charge in [0.15, 0.2) is 0 Å². The van der Waals surface area contributed by atoms with E-state index in [1.807, 2.05) is 65.6 Å². The molecule has 1 aliphatic rings. The molecule has 113 heavy (non-hydrogen) atoms. The van der Waals surface area contributed by atoms with E-state index in [1.54, 1.807) is 30.3 Å². The number of phenols is 2. The van der Waals surface area contributed by atoms with E-state index in [-0.39, 0.29) is 30.1 Å². The molecular weight excluding hydrogens is 1400 g/mol. The maximum absolute atomic E-state index is 15.5. The van der Waals surface area contributed by atoms with E-state index in [9.17, 15) is 20.4 Å². The number of phenolic OH excluding ortho intramolecular Hbond substituents is 2. The van der Waals surface area contributed by atoms with Crippen LogP contribution in [0.3, 0.4) is 0 Å². The Bertz CT molecular complexity index is 4730. The number of aliphatic hydroxyl groups is 2. The summed E-state index contributed by atoms with van der Waals surface area (Å²) in [6.07, 6.45) is 4.97. The summed E-state index contributed by atoms with van der Waals surface area (Å²) in [5.74, 6) is 2.87. The van der Waals surface area contributed by atoms with E-state index in [2.05, 4.69) is 234 Å². The van der Waals surface area contributed by atoms with E-state index in [0.717, 1.165) is 164 Å². The van der Waals surface area contributed by atoms with Gasteiger partial charge in [-0.25, -0.2) is 0 Å². The third-order valence-corrected chi connectivity index (χ3v) is 23.9. The largest absolute Gasteiger partial charge is 0.508 e. The topological polar surface area (TPSA) is 151 Å². The SMILES string of the molecule is CCC(CC)COc1ccc(-c2ccc(N(c3ccc(-c4ccc(OCC(CC)CC)cc4C)cc3)c3ccc([C@H]4CC(O)[C@@](C(=O)OCc5ccccc5)(c5ccc(N(c6ccc(-c7ccc(OCC(CC)CC)cc7C)cc6)c6ccc(-c7ccc(OCC(CC)CC)cc7C)cc6)cc5O)[C@H]4O)c(O)c3)cc2)c(C)c1. The van der Waals surface area contributed by atoms with E-state index < -0.39 is 29.5 Å². The molecule has 4 N–H and O–H groups in total. The van der Waals surface area contributed by atoms with Gasteiger partial charge in [0.05, 0.1) is 38.6 Å². The van der Waals surface area contributed by atoms with Crippen molar-refractivity contribution in [3.05, 3.63) is 276 Å².